The first kappa shape index (κ1) is 31.0. The Hall–Kier alpha value is -4.02. The van der Waals surface area contributed by atoms with Gasteiger partial charge in [0.15, 0.2) is 5.78 Å². The number of nitrogens with one attached hydrogen (secondary N) is 1. The fraction of sp³-hybridized carbons (Fsp3) is 0.588. The minimum Gasteiger partial charge on any atom is -0.444 e. The maximum absolute atomic E-state index is 13.3. The third kappa shape index (κ3) is 6.53. The molecule has 0 spiro atoms. The van der Waals surface area contributed by atoms with E-state index in [1.54, 1.807) is 28.3 Å². The van der Waals surface area contributed by atoms with Crippen molar-refractivity contribution in [2.24, 2.45) is 5.92 Å². The van der Waals surface area contributed by atoms with Crippen LogP contribution in [-0.2, 0) is 9.53 Å². The minimum absolute atomic E-state index is 0.0294. The van der Waals surface area contributed by atoms with E-state index in [-0.39, 0.29) is 42.3 Å². The van der Waals surface area contributed by atoms with Crippen molar-refractivity contribution in [2.75, 3.05) is 16.8 Å². The molecule has 5 heterocycles. The second-order valence-corrected chi connectivity index (χ2v) is 14.0. The lowest BCUT2D eigenvalue weighted by atomic mass is 9.92. The summed E-state index contributed by atoms with van der Waals surface area (Å²) >= 11 is 0. The number of carbonyl (C=O) groups is 3. The van der Waals surface area contributed by atoms with Crippen LogP contribution < -0.4 is 10.2 Å². The molecule has 2 aliphatic heterocycles. The molecule has 45 heavy (non-hydrogen) atoms. The summed E-state index contributed by atoms with van der Waals surface area (Å²) < 4.78 is 7.79. The molecule has 1 saturated carbocycles. The molecule has 11 heteroatoms. The van der Waals surface area contributed by atoms with Gasteiger partial charge >= 0.3 is 6.09 Å². The fourth-order valence-corrected chi connectivity index (χ4v) is 6.87. The first-order chi connectivity index (χ1) is 21.5. The van der Waals surface area contributed by atoms with Gasteiger partial charge in [-0.05, 0) is 77.0 Å². The number of amides is 2. The van der Waals surface area contributed by atoms with Crippen LogP contribution in [0, 0.1) is 5.92 Å². The third-order valence-corrected chi connectivity index (χ3v) is 9.24. The fourth-order valence-electron chi connectivity index (χ4n) is 6.87. The van der Waals surface area contributed by atoms with Crippen LogP contribution in [0.3, 0.4) is 0 Å². The maximum atomic E-state index is 13.3. The highest BCUT2D eigenvalue weighted by molar-refractivity contribution is 5.99. The first-order valence-corrected chi connectivity index (χ1v) is 16.5. The van der Waals surface area contributed by atoms with Crippen LogP contribution in [0.1, 0.15) is 109 Å². The summed E-state index contributed by atoms with van der Waals surface area (Å²) in [7, 11) is 0. The molecule has 3 unspecified atom stereocenters. The second kappa shape index (κ2) is 12.4. The lowest BCUT2D eigenvalue weighted by Crippen LogP contribution is -2.45. The predicted octanol–water partition coefficient (Wildman–Crippen LogP) is 6.81. The van der Waals surface area contributed by atoms with Gasteiger partial charge in [0.2, 0.25) is 11.9 Å². The van der Waals surface area contributed by atoms with Crippen LogP contribution >= 0.6 is 0 Å². The van der Waals surface area contributed by atoms with Gasteiger partial charge in [-0.15, -0.1) is 0 Å². The summed E-state index contributed by atoms with van der Waals surface area (Å²) in [5, 5.41) is 4.06. The van der Waals surface area contributed by atoms with E-state index in [2.05, 4.69) is 33.7 Å². The number of anilines is 3. The third-order valence-electron chi connectivity index (χ3n) is 9.24. The number of ketones is 1. The molecule has 2 saturated heterocycles. The van der Waals surface area contributed by atoms with Gasteiger partial charge in [-0.1, -0.05) is 26.7 Å². The van der Waals surface area contributed by atoms with E-state index >= 15 is 0 Å². The van der Waals surface area contributed by atoms with Gasteiger partial charge in [0, 0.05) is 43.1 Å². The van der Waals surface area contributed by atoms with Crippen molar-refractivity contribution in [2.45, 2.75) is 116 Å². The maximum Gasteiger partial charge on any atom is 0.410 e. The van der Waals surface area contributed by atoms with Crippen molar-refractivity contribution in [1.82, 2.24) is 24.4 Å². The number of pyridine rings is 1. The van der Waals surface area contributed by atoms with Crippen LogP contribution in [0.25, 0.3) is 11.0 Å². The Morgan fingerprint density at radius 1 is 1.07 bits per heavy atom. The number of hydrogen-bond donors (Lipinski definition) is 1. The van der Waals surface area contributed by atoms with Gasteiger partial charge in [-0.2, -0.15) is 4.98 Å². The molecule has 240 valence electrons. The Kier molecular flexibility index (Phi) is 8.54. The number of rotatable bonds is 9. The SMILES string of the molecule is CCCC(C)CC(=O)c1cc2cnc(Nc3ccc(N4CC5CCC(CC4=O)N5C(=O)OC(C)(C)C)cn3)nc2n1C1CCC1. The molecule has 3 atom stereocenters. The largest absolute Gasteiger partial charge is 0.444 e. The monoisotopic (exact) mass is 615 g/mol. The van der Waals surface area contributed by atoms with Crippen LogP contribution in [0.2, 0.25) is 0 Å². The van der Waals surface area contributed by atoms with E-state index < -0.39 is 5.60 Å². The molecule has 3 aromatic rings. The standard InChI is InChI=1S/C34H45N7O4/c1-6-8-21(2)15-28(42)27-16-22-18-36-32(38-31(22)41(27)23-9-7-10-23)37-29-14-13-25(19-35-29)39-20-26-12-11-24(17-30(39)43)40(26)33(44)45-34(3,4)5/h13-14,16,18-19,21,23-24,26H,6-12,15,17,20H2,1-5H3,(H,35,36,37,38). The number of aromatic nitrogens is 4. The molecule has 3 aromatic heterocycles. The van der Waals surface area contributed by atoms with Crippen molar-refractivity contribution >= 4 is 46.3 Å². The van der Waals surface area contributed by atoms with Gasteiger partial charge in [0.25, 0.3) is 0 Å². The zero-order valence-electron chi connectivity index (χ0n) is 27.1. The highest BCUT2D eigenvalue weighted by Crippen LogP contribution is 2.37. The number of nitrogens with zero attached hydrogens (tertiary/aromatic N) is 6. The quantitative estimate of drug-likeness (QED) is 0.261. The molecular formula is C34H45N7O4. The van der Waals surface area contributed by atoms with Gasteiger partial charge in [0.1, 0.15) is 17.1 Å². The van der Waals surface area contributed by atoms with Crippen molar-refractivity contribution in [3.8, 4) is 0 Å². The molecule has 6 rings (SSSR count). The van der Waals surface area contributed by atoms with Crippen LogP contribution in [-0.4, -0.2) is 66.4 Å². The van der Waals surface area contributed by atoms with Gasteiger partial charge in [0.05, 0.1) is 23.6 Å². The van der Waals surface area contributed by atoms with Crippen molar-refractivity contribution in [1.29, 1.82) is 0 Å². The molecule has 11 nitrogen and oxygen atoms in total. The summed E-state index contributed by atoms with van der Waals surface area (Å²) in [6.45, 7) is 10.3. The number of carbonyl (C=O) groups excluding carboxylic acids is 3. The van der Waals surface area contributed by atoms with E-state index in [0.29, 0.717) is 36.3 Å². The van der Waals surface area contributed by atoms with E-state index in [1.807, 2.05) is 32.9 Å². The summed E-state index contributed by atoms with van der Waals surface area (Å²) in [6, 6.07) is 5.62. The zero-order valence-corrected chi connectivity index (χ0v) is 27.1. The molecule has 0 radical (unpaired) electrons. The van der Waals surface area contributed by atoms with Crippen molar-refractivity contribution in [3.05, 3.63) is 36.3 Å². The van der Waals surface area contributed by atoms with E-state index in [1.165, 1.54) is 0 Å². The lowest BCUT2D eigenvalue weighted by molar-refractivity contribution is -0.119. The average Bonchev–Trinajstić information content (AvgIpc) is 3.47. The number of fused-ring (bicyclic) bond motifs is 3. The Morgan fingerprint density at radius 3 is 2.51 bits per heavy atom. The first-order valence-electron chi connectivity index (χ1n) is 16.5. The topological polar surface area (TPSA) is 123 Å². The van der Waals surface area contributed by atoms with E-state index in [4.69, 9.17) is 9.72 Å². The molecule has 1 N–H and O–H groups in total. The Morgan fingerprint density at radius 2 is 1.84 bits per heavy atom. The molecular weight excluding hydrogens is 570 g/mol. The summed E-state index contributed by atoms with van der Waals surface area (Å²) in [6.07, 6.45) is 10.8. The number of Topliss-reactive ketones (excluding diaryl/α,β-unsaturated/α-hetero) is 1. The Labute approximate surface area is 264 Å². The summed E-state index contributed by atoms with van der Waals surface area (Å²) in [5.41, 5.74) is 1.58. The highest BCUT2D eigenvalue weighted by atomic mass is 16.6. The van der Waals surface area contributed by atoms with E-state index in [0.717, 1.165) is 61.7 Å². The summed E-state index contributed by atoms with van der Waals surface area (Å²) in [5.74, 6) is 1.42. The van der Waals surface area contributed by atoms with E-state index in [9.17, 15) is 14.4 Å². The van der Waals surface area contributed by atoms with Crippen LogP contribution in [0.5, 0.6) is 0 Å². The predicted molar refractivity (Wildman–Crippen MR) is 173 cm³/mol. The molecule has 0 aromatic carbocycles. The average molecular weight is 616 g/mol. The van der Waals surface area contributed by atoms with Crippen molar-refractivity contribution in [3.63, 3.8) is 0 Å². The summed E-state index contributed by atoms with van der Waals surface area (Å²) in [4.78, 5) is 57.0. The second-order valence-electron chi connectivity index (χ2n) is 14.0. The molecule has 3 aliphatic rings. The van der Waals surface area contributed by atoms with Crippen molar-refractivity contribution < 1.29 is 19.1 Å². The normalized spacial score (nSPS) is 21.0. The molecule has 1 aliphatic carbocycles. The van der Waals surface area contributed by atoms with Gasteiger partial charge < -0.3 is 19.5 Å². The zero-order chi connectivity index (χ0) is 31.9. The molecule has 2 amide bonds. The number of hydrogen-bond acceptors (Lipinski definition) is 8. The molecule has 2 bridgehead atoms. The lowest BCUT2D eigenvalue weighted by Gasteiger charge is -2.31. The highest BCUT2D eigenvalue weighted by Gasteiger charge is 2.44. The molecule has 3 fully saturated rings. The number of ether oxygens (including phenoxy) is 1. The van der Waals surface area contributed by atoms with Gasteiger partial charge in [-0.25, -0.2) is 14.8 Å². The van der Waals surface area contributed by atoms with Gasteiger partial charge in [-0.3, -0.25) is 14.5 Å². The van der Waals surface area contributed by atoms with Crippen LogP contribution in [0.4, 0.5) is 22.2 Å². The van der Waals surface area contributed by atoms with Crippen LogP contribution in [0.15, 0.2) is 30.6 Å². The Balaban J connectivity index is 1.18. The smallest absolute Gasteiger partial charge is 0.410 e. The Bertz CT molecular complexity index is 1570. The minimum atomic E-state index is -0.597.